The molecule has 2 aromatic rings. The number of nitrogens with zero attached hydrogens (tertiary/aromatic N) is 1. The lowest BCUT2D eigenvalue weighted by atomic mass is 10.2. The van der Waals surface area contributed by atoms with Gasteiger partial charge in [0.05, 0.1) is 12.7 Å². The topological polar surface area (TPSA) is 24.5 Å². The van der Waals surface area contributed by atoms with E-state index in [0.29, 0.717) is 6.10 Å². The van der Waals surface area contributed by atoms with E-state index in [0.717, 1.165) is 39.3 Å². The molecule has 3 heterocycles. The quantitative estimate of drug-likeness (QED) is 0.883. The second-order valence-electron chi connectivity index (χ2n) is 5.30. The van der Waals surface area contributed by atoms with Crippen LogP contribution in [0.1, 0.15) is 11.8 Å². The fourth-order valence-electron chi connectivity index (χ4n) is 2.59. The third-order valence-corrected chi connectivity index (χ3v) is 5.66. The van der Waals surface area contributed by atoms with E-state index >= 15 is 0 Å². The molecule has 21 heavy (non-hydrogen) atoms. The number of hydrogen-bond donors (Lipinski definition) is 1. The van der Waals surface area contributed by atoms with Crippen molar-refractivity contribution in [1.29, 1.82) is 0 Å². The molecule has 1 saturated heterocycles. The van der Waals surface area contributed by atoms with Gasteiger partial charge in [0.25, 0.3) is 0 Å². The van der Waals surface area contributed by atoms with E-state index in [-0.39, 0.29) is 0 Å². The summed E-state index contributed by atoms with van der Waals surface area (Å²) in [4.78, 5) is 5.20. The summed E-state index contributed by atoms with van der Waals surface area (Å²) in [6, 6.07) is 6.58. The van der Waals surface area contributed by atoms with Crippen molar-refractivity contribution in [1.82, 2.24) is 10.2 Å². The van der Waals surface area contributed by atoms with Crippen molar-refractivity contribution in [3.05, 3.63) is 33.8 Å². The summed E-state index contributed by atoms with van der Waals surface area (Å²) in [5.41, 5.74) is 1.35. The molecule has 114 valence electrons. The summed E-state index contributed by atoms with van der Waals surface area (Å²) < 4.78 is 5.81. The lowest BCUT2D eigenvalue weighted by Crippen LogP contribution is -2.46. The van der Waals surface area contributed by atoms with E-state index in [1.165, 1.54) is 15.3 Å². The molecule has 3 rings (SSSR count). The lowest BCUT2D eigenvalue weighted by molar-refractivity contribution is -0.0253. The minimum absolute atomic E-state index is 0.329. The largest absolute Gasteiger partial charge is 0.374 e. The van der Waals surface area contributed by atoms with E-state index in [2.05, 4.69) is 46.1 Å². The van der Waals surface area contributed by atoms with E-state index in [1.54, 1.807) is 11.3 Å². The molecule has 0 bridgehead atoms. The summed E-state index contributed by atoms with van der Waals surface area (Å²) in [5.74, 6) is 0. The number of ether oxygens (including phenoxy) is 1. The highest BCUT2D eigenvalue weighted by Crippen LogP contribution is 2.29. The second-order valence-corrected chi connectivity index (χ2v) is 7.24. The van der Waals surface area contributed by atoms with Crippen LogP contribution in [0.4, 0.5) is 0 Å². The number of nitrogens with one attached hydrogen (secondary N) is 1. The van der Waals surface area contributed by atoms with E-state index in [4.69, 9.17) is 4.74 Å². The Kier molecular flexibility index (Phi) is 5.43. The fraction of sp³-hybridized carbons (Fsp3) is 0.500. The highest BCUT2D eigenvalue weighted by Gasteiger charge is 2.18. The third kappa shape index (κ3) is 4.14. The summed E-state index contributed by atoms with van der Waals surface area (Å²) in [7, 11) is 0. The molecule has 0 saturated carbocycles. The van der Waals surface area contributed by atoms with Gasteiger partial charge in [0.15, 0.2) is 0 Å². The van der Waals surface area contributed by atoms with Crippen LogP contribution in [0.3, 0.4) is 0 Å². The van der Waals surface area contributed by atoms with Crippen molar-refractivity contribution in [3.8, 4) is 10.4 Å². The smallest absolute Gasteiger partial charge is 0.0826 e. The van der Waals surface area contributed by atoms with Crippen LogP contribution in [-0.2, 0) is 11.3 Å². The maximum absolute atomic E-state index is 5.81. The van der Waals surface area contributed by atoms with Crippen LogP contribution in [0.5, 0.6) is 0 Å². The standard InChI is InChI=1S/C16H22N2OS2/c1-2-18-5-6-19-14(11-18)9-17-10-15-8-13(12-21-15)16-4-3-7-20-16/h3-4,7-8,12,14,17H,2,5-6,9-11H2,1H3. The summed E-state index contributed by atoms with van der Waals surface area (Å²) >= 11 is 3.63. The Morgan fingerprint density at radius 2 is 2.38 bits per heavy atom. The first-order valence-electron chi connectivity index (χ1n) is 7.51. The molecule has 0 radical (unpaired) electrons. The van der Waals surface area contributed by atoms with Gasteiger partial charge in [0.1, 0.15) is 0 Å². The molecule has 0 amide bonds. The Balaban J connectivity index is 1.45. The van der Waals surface area contributed by atoms with Crippen molar-refractivity contribution in [2.75, 3.05) is 32.8 Å². The number of thiophene rings is 2. The predicted molar refractivity (Wildman–Crippen MR) is 91.2 cm³/mol. The number of morpholine rings is 1. The van der Waals surface area contributed by atoms with Crippen LogP contribution >= 0.6 is 22.7 Å². The van der Waals surface area contributed by atoms with Gasteiger partial charge in [-0.25, -0.2) is 0 Å². The summed E-state index contributed by atoms with van der Waals surface area (Å²) in [6.07, 6.45) is 0.329. The predicted octanol–water partition coefficient (Wildman–Crippen LogP) is 3.29. The molecule has 5 heteroatoms. The Bertz CT molecular complexity index is 538. The minimum Gasteiger partial charge on any atom is -0.374 e. The molecule has 1 atom stereocenters. The van der Waals surface area contributed by atoms with Crippen molar-refractivity contribution in [2.24, 2.45) is 0 Å². The highest BCUT2D eigenvalue weighted by atomic mass is 32.1. The van der Waals surface area contributed by atoms with E-state index < -0.39 is 0 Å². The lowest BCUT2D eigenvalue weighted by Gasteiger charge is -2.32. The Labute approximate surface area is 134 Å². The molecule has 3 nitrogen and oxygen atoms in total. The molecular formula is C16H22N2OS2. The molecule has 0 spiro atoms. The van der Waals surface area contributed by atoms with E-state index in [1.807, 2.05) is 11.3 Å². The van der Waals surface area contributed by atoms with Crippen molar-refractivity contribution < 1.29 is 4.74 Å². The normalized spacial score (nSPS) is 20.0. The monoisotopic (exact) mass is 322 g/mol. The van der Waals surface area contributed by atoms with Crippen LogP contribution in [0.2, 0.25) is 0 Å². The first-order chi connectivity index (χ1) is 10.3. The Morgan fingerprint density at radius 1 is 1.43 bits per heavy atom. The van der Waals surface area contributed by atoms with Crippen LogP contribution in [0.25, 0.3) is 10.4 Å². The van der Waals surface area contributed by atoms with Gasteiger partial charge < -0.3 is 10.1 Å². The van der Waals surface area contributed by atoms with Gasteiger partial charge >= 0.3 is 0 Å². The van der Waals surface area contributed by atoms with Crippen LogP contribution < -0.4 is 5.32 Å². The molecule has 1 fully saturated rings. The zero-order chi connectivity index (χ0) is 14.5. The first kappa shape index (κ1) is 15.2. The number of hydrogen-bond acceptors (Lipinski definition) is 5. The van der Waals surface area contributed by atoms with Gasteiger partial charge in [-0.2, -0.15) is 0 Å². The van der Waals surface area contributed by atoms with Gasteiger partial charge in [-0.05, 0) is 29.4 Å². The fourth-order valence-corrected chi connectivity index (χ4v) is 4.24. The SMILES string of the molecule is CCN1CCOC(CNCc2cc(-c3cccs3)cs2)C1. The molecule has 2 aromatic heterocycles. The number of rotatable bonds is 6. The molecular weight excluding hydrogens is 300 g/mol. The van der Waals surface area contributed by atoms with Gasteiger partial charge in [0, 0.05) is 41.5 Å². The van der Waals surface area contributed by atoms with Gasteiger partial charge in [-0.15, -0.1) is 22.7 Å². The highest BCUT2D eigenvalue weighted by molar-refractivity contribution is 7.14. The average Bonchev–Trinajstić information content (AvgIpc) is 3.18. The third-order valence-electron chi connectivity index (χ3n) is 3.80. The van der Waals surface area contributed by atoms with Crippen molar-refractivity contribution >= 4 is 22.7 Å². The molecule has 1 aliphatic heterocycles. The van der Waals surface area contributed by atoms with Crippen LogP contribution in [0.15, 0.2) is 29.0 Å². The molecule has 1 aliphatic rings. The molecule has 1 unspecified atom stereocenters. The van der Waals surface area contributed by atoms with Gasteiger partial charge in [-0.3, -0.25) is 4.90 Å². The molecule has 0 aliphatic carbocycles. The van der Waals surface area contributed by atoms with Gasteiger partial charge in [-0.1, -0.05) is 13.0 Å². The van der Waals surface area contributed by atoms with Gasteiger partial charge in [0.2, 0.25) is 0 Å². The maximum Gasteiger partial charge on any atom is 0.0826 e. The molecule has 0 aromatic carbocycles. The van der Waals surface area contributed by atoms with Crippen molar-refractivity contribution in [2.45, 2.75) is 19.6 Å². The molecule has 1 N–H and O–H groups in total. The van der Waals surface area contributed by atoms with E-state index in [9.17, 15) is 0 Å². The summed E-state index contributed by atoms with van der Waals surface area (Å²) in [6.45, 7) is 8.19. The zero-order valence-corrected chi connectivity index (χ0v) is 14.0. The maximum atomic E-state index is 5.81. The van der Waals surface area contributed by atoms with Crippen LogP contribution in [-0.4, -0.2) is 43.8 Å². The Hall–Kier alpha value is -0.720. The average molecular weight is 322 g/mol. The minimum atomic E-state index is 0.329. The number of likely N-dealkylation sites (N-methyl/N-ethyl adjacent to an activating group) is 1. The second kappa shape index (κ2) is 7.51. The zero-order valence-electron chi connectivity index (χ0n) is 12.4. The Morgan fingerprint density at radius 3 is 3.19 bits per heavy atom. The summed E-state index contributed by atoms with van der Waals surface area (Å²) in [5, 5.41) is 7.92. The van der Waals surface area contributed by atoms with Crippen molar-refractivity contribution in [3.63, 3.8) is 0 Å². The van der Waals surface area contributed by atoms with Crippen LogP contribution in [0, 0.1) is 0 Å². The first-order valence-corrected chi connectivity index (χ1v) is 9.27.